The summed E-state index contributed by atoms with van der Waals surface area (Å²) in [5.74, 6) is 0.605. The molecule has 1 aromatic rings. The largest absolute Gasteiger partial charge is 0.243 e. The quantitative estimate of drug-likeness (QED) is 0.605. The fourth-order valence-corrected chi connectivity index (χ4v) is 3.32. The van der Waals surface area contributed by atoms with Crippen LogP contribution in [0.25, 0.3) is 0 Å². The lowest BCUT2D eigenvalue weighted by Gasteiger charge is -2.07. The molecule has 7 heteroatoms. The first-order valence-electron chi connectivity index (χ1n) is 5.10. The van der Waals surface area contributed by atoms with Crippen molar-refractivity contribution in [2.24, 2.45) is 0 Å². The molecule has 0 atom stereocenters. The van der Waals surface area contributed by atoms with Gasteiger partial charge >= 0.3 is 0 Å². The Labute approximate surface area is 119 Å². The highest BCUT2D eigenvalue weighted by atomic mass is 79.9. The van der Waals surface area contributed by atoms with Crippen molar-refractivity contribution in [1.82, 2.24) is 4.72 Å². The van der Waals surface area contributed by atoms with Crippen LogP contribution in [0.15, 0.2) is 40.2 Å². The van der Waals surface area contributed by atoms with E-state index >= 15 is 0 Å². The SMILES string of the molecule is C=CCSCCNS(=O)(=O)c1ccc(Br)cc1F. The summed E-state index contributed by atoms with van der Waals surface area (Å²) in [7, 11) is -3.78. The predicted molar refractivity (Wildman–Crippen MR) is 76.8 cm³/mol. The average Bonchev–Trinajstić information content (AvgIpc) is 2.28. The lowest BCUT2D eigenvalue weighted by molar-refractivity contribution is 0.558. The molecule has 0 bridgehead atoms. The van der Waals surface area contributed by atoms with Gasteiger partial charge in [-0.2, -0.15) is 11.8 Å². The van der Waals surface area contributed by atoms with Crippen LogP contribution < -0.4 is 4.72 Å². The van der Waals surface area contributed by atoms with Gasteiger partial charge in [-0.3, -0.25) is 0 Å². The molecule has 0 amide bonds. The molecule has 0 aliphatic rings. The van der Waals surface area contributed by atoms with E-state index in [9.17, 15) is 12.8 Å². The van der Waals surface area contributed by atoms with Crippen LogP contribution in [0.5, 0.6) is 0 Å². The van der Waals surface area contributed by atoms with E-state index < -0.39 is 15.8 Å². The first-order chi connectivity index (χ1) is 8.47. The zero-order chi connectivity index (χ0) is 13.6. The molecule has 1 aromatic carbocycles. The molecule has 1 N–H and O–H groups in total. The summed E-state index contributed by atoms with van der Waals surface area (Å²) < 4.78 is 40.0. The smallest absolute Gasteiger partial charge is 0.210 e. The third kappa shape index (κ3) is 4.72. The summed E-state index contributed by atoms with van der Waals surface area (Å²) in [6.45, 7) is 3.82. The van der Waals surface area contributed by atoms with Crippen LogP contribution in [0.1, 0.15) is 0 Å². The van der Waals surface area contributed by atoms with E-state index in [4.69, 9.17) is 0 Å². The Morgan fingerprint density at radius 2 is 2.22 bits per heavy atom. The second-order valence-electron chi connectivity index (χ2n) is 3.34. The molecule has 0 spiro atoms. The summed E-state index contributed by atoms with van der Waals surface area (Å²) in [5.41, 5.74) is 0. The third-order valence-corrected chi connectivity index (χ3v) is 4.91. The highest BCUT2D eigenvalue weighted by Gasteiger charge is 2.18. The minimum atomic E-state index is -3.78. The normalized spacial score (nSPS) is 11.4. The van der Waals surface area contributed by atoms with Crippen molar-refractivity contribution in [3.63, 3.8) is 0 Å². The van der Waals surface area contributed by atoms with E-state index in [1.165, 1.54) is 12.1 Å². The maximum atomic E-state index is 13.5. The van der Waals surface area contributed by atoms with Crippen LogP contribution in [0.2, 0.25) is 0 Å². The first-order valence-corrected chi connectivity index (χ1v) is 8.54. The predicted octanol–water partition coefficient (Wildman–Crippen LogP) is 2.79. The number of nitrogens with one attached hydrogen (secondary N) is 1. The fraction of sp³-hybridized carbons (Fsp3) is 0.273. The maximum Gasteiger partial charge on any atom is 0.243 e. The number of halogens is 2. The van der Waals surface area contributed by atoms with Gasteiger partial charge < -0.3 is 0 Å². The van der Waals surface area contributed by atoms with E-state index in [2.05, 4.69) is 27.2 Å². The lowest BCUT2D eigenvalue weighted by atomic mass is 10.3. The Balaban J connectivity index is 2.65. The molecule has 18 heavy (non-hydrogen) atoms. The standard InChI is InChI=1S/C11H13BrFNO2S2/c1-2-6-17-7-5-14-18(15,16)11-4-3-9(12)8-10(11)13/h2-4,8,14H,1,5-7H2. The number of rotatable bonds is 7. The van der Waals surface area contributed by atoms with E-state index in [1.54, 1.807) is 17.8 Å². The maximum absolute atomic E-state index is 13.5. The molecule has 0 fully saturated rings. The van der Waals surface area contributed by atoms with Gasteiger partial charge in [0.05, 0.1) is 0 Å². The van der Waals surface area contributed by atoms with Crippen molar-refractivity contribution in [3.05, 3.63) is 41.1 Å². The number of sulfonamides is 1. The summed E-state index contributed by atoms with van der Waals surface area (Å²) in [6, 6.07) is 3.85. The van der Waals surface area contributed by atoms with Crippen LogP contribution in [-0.2, 0) is 10.0 Å². The number of hydrogen-bond donors (Lipinski definition) is 1. The van der Waals surface area contributed by atoms with E-state index in [-0.39, 0.29) is 11.4 Å². The summed E-state index contributed by atoms with van der Waals surface area (Å²) in [6.07, 6.45) is 1.74. The molecule has 0 unspecified atom stereocenters. The van der Waals surface area contributed by atoms with E-state index in [0.29, 0.717) is 10.2 Å². The second-order valence-corrected chi connectivity index (χ2v) is 7.14. The van der Waals surface area contributed by atoms with Crippen molar-refractivity contribution in [2.45, 2.75) is 4.90 Å². The average molecular weight is 354 g/mol. The molecule has 0 saturated heterocycles. The Hall–Kier alpha value is -0.370. The van der Waals surface area contributed by atoms with Crippen molar-refractivity contribution in [1.29, 1.82) is 0 Å². The zero-order valence-electron chi connectivity index (χ0n) is 9.53. The molecule has 0 heterocycles. The molecule has 3 nitrogen and oxygen atoms in total. The van der Waals surface area contributed by atoms with Gasteiger partial charge in [-0.25, -0.2) is 17.5 Å². The molecule has 0 saturated carbocycles. The molecule has 0 radical (unpaired) electrons. The van der Waals surface area contributed by atoms with E-state index in [0.717, 1.165) is 11.8 Å². The Morgan fingerprint density at radius 1 is 1.50 bits per heavy atom. The van der Waals surface area contributed by atoms with Crippen LogP contribution in [0.4, 0.5) is 4.39 Å². The van der Waals surface area contributed by atoms with Gasteiger partial charge in [0, 0.05) is 22.5 Å². The van der Waals surface area contributed by atoms with Crippen LogP contribution in [0, 0.1) is 5.82 Å². The molecule has 0 aliphatic carbocycles. The number of thioether (sulfide) groups is 1. The van der Waals surface area contributed by atoms with Crippen LogP contribution in [-0.4, -0.2) is 26.5 Å². The van der Waals surface area contributed by atoms with Gasteiger partial charge in [0.2, 0.25) is 10.0 Å². The Bertz CT molecular complexity index is 520. The van der Waals surface area contributed by atoms with Crippen molar-refractivity contribution in [3.8, 4) is 0 Å². The highest BCUT2D eigenvalue weighted by molar-refractivity contribution is 9.10. The topological polar surface area (TPSA) is 46.2 Å². The molecule has 0 aromatic heterocycles. The second kappa shape index (κ2) is 7.28. The number of benzene rings is 1. The Morgan fingerprint density at radius 3 is 2.83 bits per heavy atom. The van der Waals surface area contributed by atoms with Gasteiger partial charge in [0.25, 0.3) is 0 Å². The van der Waals surface area contributed by atoms with Gasteiger partial charge in [0.1, 0.15) is 10.7 Å². The molecule has 1 rings (SSSR count). The number of hydrogen-bond acceptors (Lipinski definition) is 3. The van der Waals surface area contributed by atoms with Crippen molar-refractivity contribution < 1.29 is 12.8 Å². The monoisotopic (exact) mass is 353 g/mol. The van der Waals surface area contributed by atoms with Gasteiger partial charge in [-0.15, -0.1) is 6.58 Å². The van der Waals surface area contributed by atoms with Gasteiger partial charge in [-0.1, -0.05) is 22.0 Å². The molecular weight excluding hydrogens is 341 g/mol. The molecular formula is C11H13BrFNO2S2. The molecule has 0 aliphatic heterocycles. The van der Waals surface area contributed by atoms with Gasteiger partial charge in [-0.05, 0) is 18.2 Å². The fourth-order valence-electron chi connectivity index (χ4n) is 1.19. The summed E-state index contributed by atoms with van der Waals surface area (Å²) >= 11 is 4.63. The van der Waals surface area contributed by atoms with E-state index in [1.807, 2.05) is 0 Å². The minimum Gasteiger partial charge on any atom is -0.210 e. The van der Waals surface area contributed by atoms with Gasteiger partial charge in [0.15, 0.2) is 0 Å². The molecule has 100 valence electrons. The third-order valence-electron chi connectivity index (χ3n) is 1.96. The van der Waals surface area contributed by atoms with Crippen molar-refractivity contribution >= 4 is 37.7 Å². The van der Waals surface area contributed by atoms with Crippen LogP contribution in [0.3, 0.4) is 0 Å². The summed E-state index contributed by atoms with van der Waals surface area (Å²) in [4.78, 5) is -0.334. The van der Waals surface area contributed by atoms with Crippen molar-refractivity contribution in [2.75, 3.05) is 18.1 Å². The lowest BCUT2D eigenvalue weighted by Crippen LogP contribution is -2.26. The van der Waals surface area contributed by atoms with Crippen LogP contribution >= 0.6 is 27.7 Å². The minimum absolute atomic E-state index is 0.260. The first kappa shape index (κ1) is 15.7. The Kier molecular flexibility index (Phi) is 6.34. The zero-order valence-corrected chi connectivity index (χ0v) is 12.7. The summed E-state index contributed by atoms with van der Waals surface area (Å²) in [5, 5.41) is 0. The highest BCUT2D eigenvalue weighted by Crippen LogP contribution is 2.19.